The number of ketones is 1. The van der Waals surface area contributed by atoms with Gasteiger partial charge in [0.15, 0.2) is 5.78 Å². The molecule has 29 heavy (non-hydrogen) atoms. The molecule has 0 aliphatic heterocycles. The van der Waals surface area contributed by atoms with Crippen LogP contribution < -0.4 is 15.0 Å². The van der Waals surface area contributed by atoms with Gasteiger partial charge in [0.25, 0.3) is 5.56 Å². The molecule has 2 heterocycles. The summed E-state index contributed by atoms with van der Waals surface area (Å²) in [5, 5.41) is 0.588. The van der Waals surface area contributed by atoms with Crippen LogP contribution in [-0.2, 0) is 13.1 Å². The topological polar surface area (TPSA) is 73.7 Å². The molecular weight excluding hydrogens is 390 g/mol. The highest BCUT2D eigenvalue weighted by atomic mass is 32.1. The molecule has 0 saturated heterocycles. The minimum absolute atomic E-state index is 0.109. The summed E-state index contributed by atoms with van der Waals surface area (Å²) in [7, 11) is 6.86. The van der Waals surface area contributed by atoms with E-state index in [0.717, 1.165) is 10.4 Å². The van der Waals surface area contributed by atoms with Gasteiger partial charge in [-0.05, 0) is 45.6 Å². The van der Waals surface area contributed by atoms with Crippen LogP contribution >= 0.6 is 11.3 Å². The molecule has 0 fully saturated rings. The average molecular weight is 416 g/mol. The number of nitrogens with zero attached hydrogens (tertiary/aromatic N) is 3. The van der Waals surface area contributed by atoms with Crippen LogP contribution in [0.5, 0.6) is 11.5 Å². The number of aromatic nitrogens is 2. The van der Waals surface area contributed by atoms with Crippen LogP contribution in [0, 0.1) is 13.8 Å². The number of hydrogen-bond donors (Lipinski definition) is 0. The average Bonchev–Trinajstić information content (AvgIpc) is 2.97. The fraction of sp³-hybridized carbons (Fsp3) is 0.381. The summed E-state index contributed by atoms with van der Waals surface area (Å²) in [4.78, 5) is 34.8. The molecule has 3 aromatic rings. The number of hydrogen-bond acceptors (Lipinski definition) is 7. The van der Waals surface area contributed by atoms with Crippen molar-refractivity contribution in [3.05, 3.63) is 50.4 Å². The summed E-state index contributed by atoms with van der Waals surface area (Å²) in [6.07, 6.45) is 0. The lowest BCUT2D eigenvalue weighted by Gasteiger charge is -2.16. The molecule has 0 aliphatic rings. The number of carbonyl (C=O) groups excluding carboxylic acids is 1. The van der Waals surface area contributed by atoms with E-state index in [1.54, 1.807) is 25.3 Å². The van der Waals surface area contributed by atoms with Crippen molar-refractivity contribution >= 4 is 27.3 Å². The van der Waals surface area contributed by atoms with Crippen molar-refractivity contribution in [1.82, 2.24) is 14.5 Å². The summed E-state index contributed by atoms with van der Waals surface area (Å²) < 4.78 is 12.0. The first-order valence-electron chi connectivity index (χ1n) is 9.16. The lowest BCUT2D eigenvalue weighted by atomic mass is 10.1. The molecule has 0 spiro atoms. The van der Waals surface area contributed by atoms with Crippen LogP contribution in [-0.4, -0.2) is 48.5 Å². The second kappa shape index (κ2) is 8.34. The normalized spacial score (nSPS) is 11.3. The summed E-state index contributed by atoms with van der Waals surface area (Å²) >= 11 is 1.51. The number of carbonyl (C=O) groups is 1. The van der Waals surface area contributed by atoms with E-state index in [-0.39, 0.29) is 17.9 Å². The maximum atomic E-state index is 13.3. The van der Waals surface area contributed by atoms with Gasteiger partial charge in [-0.2, -0.15) is 0 Å². The van der Waals surface area contributed by atoms with Gasteiger partial charge in [-0.1, -0.05) is 0 Å². The minimum atomic E-state index is -0.225. The minimum Gasteiger partial charge on any atom is -0.497 e. The van der Waals surface area contributed by atoms with Crippen molar-refractivity contribution in [2.24, 2.45) is 0 Å². The summed E-state index contributed by atoms with van der Waals surface area (Å²) in [5.41, 5.74) is 1.13. The largest absolute Gasteiger partial charge is 0.497 e. The Morgan fingerprint density at radius 1 is 1.21 bits per heavy atom. The van der Waals surface area contributed by atoms with Crippen LogP contribution in [0.25, 0.3) is 10.2 Å². The number of rotatable bonds is 7. The van der Waals surface area contributed by atoms with Crippen LogP contribution in [0.15, 0.2) is 23.0 Å². The Morgan fingerprint density at radius 3 is 2.55 bits per heavy atom. The maximum absolute atomic E-state index is 13.3. The zero-order chi connectivity index (χ0) is 21.3. The Morgan fingerprint density at radius 2 is 1.93 bits per heavy atom. The van der Waals surface area contributed by atoms with Crippen LogP contribution in [0.3, 0.4) is 0 Å². The van der Waals surface area contributed by atoms with Crippen LogP contribution in [0.4, 0.5) is 0 Å². The van der Waals surface area contributed by atoms with Gasteiger partial charge >= 0.3 is 0 Å². The van der Waals surface area contributed by atoms with E-state index in [0.29, 0.717) is 39.6 Å². The SMILES string of the molecule is COc1ccc(C(=O)Cn2c(CN(C)C)nc3sc(C)c(C)c3c2=O)c(OC)c1. The number of thiophene rings is 1. The Labute approximate surface area is 173 Å². The summed E-state index contributed by atoms with van der Waals surface area (Å²) in [5.74, 6) is 1.34. The molecule has 7 nitrogen and oxygen atoms in total. The third-order valence-electron chi connectivity index (χ3n) is 4.84. The Bertz CT molecular complexity index is 1130. The van der Waals surface area contributed by atoms with E-state index < -0.39 is 0 Å². The molecule has 2 aromatic heterocycles. The van der Waals surface area contributed by atoms with Gasteiger partial charge < -0.3 is 14.4 Å². The predicted octanol–water partition coefficient (Wildman–Crippen LogP) is 3.04. The predicted molar refractivity (Wildman–Crippen MR) is 115 cm³/mol. The van der Waals surface area contributed by atoms with Crippen molar-refractivity contribution in [2.45, 2.75) is 26.9 Å². The number of aryl methyl sites for hydroxylation is 2. The molecule has 0 aliphatic carbocycles. The smallest absolute Gasteiger partial charge is 0.263 e. The number of benzene rings is 1. The van der Waals surface area contributed by atoms with E-state index in [4.69, 9.17) is 14.5 Å². The third kappa shape index (κ3) is 4.04. The Kier molecular flexibility index (Phi) is 6.04. The van der Waals surface area contributed by atoms with Crippen molar-refractivity contribution in [3.8, 4) is 11.5 Å². The summed E-state index contributed by atoms with van der Waals surface area (Å²) in [6.45, 7) is 4.24. The highest BCUT2D eigenvalue weighted by molar-refractivity contribution is 7.18. The first kappa shape index (κ1) is 21.0. The molecule has 3 rings (SSSR count). The molecule has 0 bridgehead atoms. The lowest BCUT2D eigenvalue weighted by molar-refractivity contribution is 0.0965. The second-order valence-electron chi connectivity index (χ2n) is 7.11. The molecule has 1 aromatic carbocycles. The molecule has 8 heteroatoms. The van der Waals surface area contributed by atoms with Crippen LogP contribution in [0.1, 0.15) is 26.6 Å². The third-order valence-corrected chi connectivity index (χ3v) is 5.94. The molecule has 0 unspecified atom stereocenters. The number of methoxy groups -OCH3 is 2. The second-order valence-corrected chi connectivity index (χ2v) is 8.31. The first-order valence-corrected chi connectivity index (χ1v) is 9.97. The van der Waals surface area contributed by atoms with Crippen molar-refractivity contribution in [3.63, 3.8) is 0 Å². The van der Waals surface area contributed by atoms with Gasteiger partial charge in [0, 0.05) is 10.9 Å². The van der Waals surface area contributed by atoms with Gasteiger partial charge in [0.1, 0.15) is 22.2 Å². The van der Waals surface area contributed by atoms with E-state index in [9.17, 15) is 9.59 Å². The van der Waals surface area contributed by atoms with Crippen molar-refractivity contribution < 1.29 is 14.3 Å². The molecule has 0 amide bonds. The van der Waals surface area contributed by atoms with Crippen molar-refractivity contribution in [1.29, 1.82) is 0 Å². The molecule has 0 N–H and O–H groups in total. The maximum Gasteiger partial charge on any atom is 0.263 e. The van der Waals surface area contributed by atoms with Gasteiger partial charge in [-0.3, -0.25) is 14.2 Å². The zero-order valence-corrected chi connectivity index (χ0v) is 18.3. The highest BCUT2D eigenvalue weighted by Gasteiger charge is 2.21. The first-order chi connectivity index (χ1) is 13.8. The lowest BCUT2D eigenvalue weighted by Crippen LogP contribution is -2.31. The quantitative estimate of drug-likeness (QED) is 0.552. The molecular formula is C21H25N3O4S. The number of fused-ring (bicyclic) bond motifs is 1. The van der Waals surface area contributed by atoms with Gasteiger partial charge in [-0.15, -0.1) is 11.3 Å². The fourth-order valence-electron chi connectivity index (χ4n) is 3.19. The molecule has 154 valence electrons. The standard InChI is InChI=1S/C21H25N3O4S/c1-12-13(2)29-20-19(12)21(26)24(18(22-20)11-23(3)4)10-16(25)15-8-7-14(27-5)9-17(15)28-6/h7-9H,10-11H2,1-6H3. The van der Waals surface area contributed by atoms with E-state index >= 15 is 0 Å². The molecule has 0 radical (unpaired) electrons. The number of ether oxygens (including phenoxy) is 2. The summed E-state index contributed by atoms with van der Waals surface area (Å²) in [6, 6.07) is 5.01. The van der Waals surface area contributed by atoms with E-state index in [2.05, 4.69) is 0 Å². The monoisotopic (exact) mass is 415 g/mol. The Hall–Kier alpha value is -2.71. The zero-order valence-electron chi connectivity index (χ0n) is 17.5. The highest BCUT2D eigenvalue weighted by Crippen LogP contribution is 2.28. The van der Waals surface area contributed by atoms with Crippen LogP contribution in [0.2, 0.25) is 0 Å². The van der Waals surface area contributed by atoms with Gasteiger partial charge in [-0.25, -0.2) is 4.98 Å². The van der Waals surface area contributed by atoms with Gasteiger partial charge in [0.05, 0.1) is 38.3 Å². The van der Waals surface area contributed by atoms with Crippen molar-refractivity contribution in [2.75, 3.05) is 28.3 Å². The number of Topliss-reactive ketones (excluding diaryl/α,β-unsaturated/α-hetero) is 1. The van der Waals surface area contributed by atoms with Gasteiger partial charge in [0.2, 0.25) is 0 Å². The fourth-order valence-corrected chi connectivity index (χ4v) is 4.23. The molecule has 0 saturated carbocycles. The van der Waals surface area contributed by atoms with E-state index in [1.165, 1.54) is 23.0 Å². The Balaban J connectivity index is 2.11. The van der Waals surface area contributed by atoms with E-state index in [1.807, 2.05) is 32.8 Å². The molecule has 0 atom stereocenters.